The standard InChI is InChI=1S/C6H10N2O/c1-7-4-3-5(8-2)6(4)9/h4-7,9H,3H2,1H3. The Kier molecular flexibility index (Phi) is 1.70. The van der Waals surface area contributed by atoms with Crippen LogP contribution in [0.5, 0.6) is 0 Å². The summed E-state index contributed by atoms with van der Waals surface area (Å²) in [7, 11) is 1.80. The van der Waals surface area contributed by atoms with Gasteiger partial charge in [0.15, 0.2) is 0 Å². The predicted octanol–water partition coefficient (Wildman–Crippen LogP) is -0.373. The molecule has 0 aromatic carbocycles. The first-order valence-corrected chi connectivity index (χ1v) is 3.01. The highest BCUT2D eigenvalue weighted by Gasteiger charge is 2.43. The summed E-state index contributed by atoms with van der Waals surface area (Å²) < 4.78 is 0. The molecule has 0 aromatic rings. The molecule has 0 aromatic heterocycles. The van der Waals surface area contributed by atoms with Crippen molar-refractivity contribution in [1.82, 2.24) is 5.32 Å². The quantitative estimate of drug-likeness (QED) is 0.470. The minimum atomic E-state index is -0.438. The second kappa shape index (κ2) is 2.34. The Morgan fingerprint density at radius 1 is 1.78 bits per heavy atom. The lowest BCUT2D eigenvalue weighted by atomic mass is 9.84. The molecule has 1 aliphatic carbocycles. The fraction of sp³-hybridized carbons (Fsp3) is 0.833. The van der Waals surface area contributed by atoms with Crippen molar-refractivity contribution in [2.75, 3.05) is 7.05 Å². The van der Waals surface area contributed by atoms with Gasteiger partial charge >= 0.3 is 0 Å². The summed E-state index contributed by atoms with van der Waals surface area (Å²) in [5.41, 5.74) is 0. The van der Waals surface area contributed by atoms with E-state index in [0.29, 0.717) is 0 Å². The molecule has 2 N–H and O–H groups in total. The monoisotopic (exact) mass is 126 g/mol. The van der Waals surface area contributed by atoms with Gasteiger partial charge in [-0.25, -0.2) is 6.57 Å². The Morgan fingerprint density at radius 2 is 2.44 bits per heavy atom. The Balaban J connectivity index is 2.34. The maximum Gasteiger partial charge on any atom is 0.252 e. The van der Waals surface area contributed by atoms with E-state index in [-0.39, 0.29) is 12.1 Å². The summed E-state index contributed by atoms with van der Waals surface area (Å²) in [5, 5.41) is 12.0. The summed E-state index contributed by atoms with van der Waals surface area (Å²) >= 11 is 0. The van der Waals surface area contributed by atoms with Crippen LogP contribution in [-0.4, -0.2) is 30.3 Å². The number of rotatable bonds is 1. The number of nitrogens with one attached hydrogen (secondary N) is 1. The van der Waals surface area contributed by atoms with Crippen molar-refractivity contribution in [1.29, 1.82) is 0 Å². The van der Waals surface area contributed by atoms with Crippen LogP contribution >= 0.6 is 0 Å². The van der Waals surface area contributed by atoms with Gasteiger partial charge in [0.2, 0.25) is 0 Å². The van der Waals surface area contributed by atoms with Gasteiger partial charge in [-0.2, -0.15) is 0 Å². The topological polar surface area (TPSA) is 36.6 Å². The molecule has 1 fully saturated rings. The number of nitrogens with zero attached hydrogens (tertiary/aromatic N) is 1. The van der Waals surface area contributed by atoms with E-state index in [1.807, 2.05) is 0 Å². The van der Waals surface area contributed by atoms with Crippen LogP contribution in [0.1, 0.15) is 6.42 Å². The third kappa shape index (κ3) is 0.913. The smallest absolute Gasteiger partial charge is 0.252 e. The van der Waals surface area contributed by atoms with Crippen LogP contribution in [-0.2, 0) is 0 Å². The van der Waals surface area contributed by atoms with Crippen molar-refractivity contribution in [3.05, 3.63) is 11.4 Å². The molecular formula is C6H10N2O. The molecule has 1 aliphatic rings. The van der Waals surface area contributed by atoms with Gasteiger partial charge in [0, 0.05) is 12.5 Å². The molecule has 0 radical (unpaired) electrons. The maximum absolute atomic E-state index is 9.09. The molecule has 0 bridgehead atoms. The van der Waals surface area contributed by atoms with Gasteiger partial charge in [0.1, 0.15) is 6.10 Å². The first-order valence-electron chi connectivity index (χ1n) is 3.01. The molecular weight excluding hydrogens is 116 g/mol. The number of hydrogen-bond donors (Lipinski definition) is 2. The fourth-order valence-corrected chi connectivity index (χ4v) is 1.03. The molecule has 3 unspecified atom stereocenters. The first-order chi connectivity index (χ1) is 4.29. The van der Waals surface area contributed by atoms with Gasteiger partial charge in [0.25, 0.3) is 6.04 Å². The minimum Gasteiger partial charge on any atom is -0.383 e. The van der Waals surface area contributed by atoms with Crippen molar-refractivity contribution < 1.29 is 5.11 Å². The summed E-state index contributed by atoms with van der Waals surface area (Å²) in [5.74, 6) is 0. The second-order valence-electron chi connectivity index (χ2n) is 2.32. The van der Waals surface area contributed by atoms with E-state index in [1.165, 1.54) is 0 Å². The van der Waals surface area contributed by atoms with Crippen LogP contribution in [0.4, 0.5) is 0 Å². The third-order valence-electron chi connectivity index (χ3n) is 1.84. The average Bonchev–Trinajstić information content (AvgIpc) is 1.87. The van der Waals surface area contributed by atoms with E-state index in [4.69, 9.17) is 11.7 Å². The zero-order valence-electron chi connectivity index (χ0n) is 5.33. The van der Waals surface area contributed by atoms with Crippen LogP contribution in [0, 0.1) is 6.57 Å². The molecule has 3 nitrogen and oxygen atoms in total. The Morgan fingerprint density at radius 3 is 2.78 bits per heavy atom. The highest BCUT2D eigenvalue weighted by molar-refractivity contribution is 5.04. The first kappa shape index (κ1) is 6.53. The Labute approximate surface area is 54.5 Å². The molecule has 0 spiro atoms. The molecule has 0 saturated heterocycles. The van der Waals surface area contributed by atoms with Gasteiger partial charge in [-0.15, -0.1) is 0 Å². The van der Waals surface area contributed by atoms with Crippen molar-refractivity contribution >= 4 is 0 Å². The number of aliphatic hydroxyl groups is 1. The lowest BCUT2D eigenvalue weighted by Crippen LogP contribution is -2.55. The molecule has 0 amide bonds. The van der Waals surface area contributed by atoms with Gasteiger partial charge in [-0.1, -0.05) is 0 Å². The second-order valence-corrected chi connectivity index (χ2v) is 2.32. The molecule has 1 saturated carbocycles. The van der Waals surface area contributed by atoms with Crippen molar-refractivity contribution in [3.63, 3.8) is 0 Å². The molecule has 50 valence electrons. The highest BCUT2D eigenvalue weighted by Crippen LogP contribution is 2.23. The van der Waals surface area contributed by atoms with E-state index in [0.717, 1.165) is 6.42 Å². The molecule has 3 heteroatoms. The summed E-state index contributed by atoms with van der Waals surface area (Å²) in [4.78, 5) is 3.23. The maximum atomic E-state index is 9.09. The zero-order chi connectivity index (χ0) is 6.85. The molecule has 9 heavy (non-hydrogen) atoms. The number of aliphatic hydroxyl groups excluding tert-OH is 1. The summed E-state index contributed by atoms with van der Waals surface area (Å²) in [6, 6.07) is 0.00606. The average molecular weight is 126 g/mol. The van der Waals surface area contributed by atoms with E-state index < -0.39 is 6.10 Å². The van der Waals surface area contributed by atoms with E-state index >= 15 is 0 Å². The van der Waals surface area contributed by atoms with Crippen molar-refractivity contribution in [3.8, 4) is 0 Å². The fourth-order valence-electron chi connectivity index (χ4n) is 1.03. The summed E-state index contributed by atoms with van der Waals surface area (Å²) in [6.07, 6.45) is 0.355. The largest absolute Gasteiger partial charge is 0.383 e. The lowest BCUT2D eigenvalue weighted by Gasteiger charge is -2.32. The van der Waals surface area contributed by atoms with Crippen LogP contribution in [0.2, 0.25) is 0 Å². The SMILES string of the molecule is [C-]#[N+]C1CC(NC)C1O. The van der Waals surface area contributed by atoms with Gasteiger partial charge in [-0.05, 0) is 7.05 Å². The van der Waals surface area contributed by atoms with Crippen LogP contribution in [0.15, 0.2) is 0 Å². The van der Waals surface area contributed by atoms with Crippen LogP contribution in [0.25, 0.3) is 4.85 Å². The number of hydrogen-bond acceptors (Lipinski definition) is 2. The molecule has 0 heterocycles. The highest BCUT2D eigenvalue weighted by atomic mass is 16.3. The zero-order valence-corrected chi connectivity index (χ0v) is 5.33. The van der Waals surface area contributed by atoms with Gasteiger partial charge in [-0.3, -0.25) is 0 Å². The lowest BCUT2D eigenvalue weighted by molar-refractivity contribution is 0.0456. The van der Waals surface area contributed by atoms with Gasteiger partial charge in [0.05, 0.1) is 0 Å². The van der Waals surface area contributed by atoms with Crippen LogP contribution < -0.4 is 5.32 Å². The third-order valence-corrected chi connectivity index (χ3v) is 1.84. The van der Waals surface area contributed by atoms with Crippen LogP contribution in [0.3, 0.4) is 0 Å². The molecule has 3 atom stereocenters. The summed E-state index contributed by atoms with van der Waals surface area (Å²) in [6.45, 7) is 6.59. The minimum absolute atomic E-state index is 0.151. The molecule has 0 aliphatic heterocycles. The van der Waals surface area contributed by atoms with E-state index in [1.54, 1.807) is 7.05 Å². The molecule has 1 rings (SSSR count). The van der Waals surface area contributed by atoms with Crippen molar-refractivity contribution in [2.24, 2.45) is 0 Å². The van der Waals surface area contributed by atoms with E-state index in [9.17, 15) is 0 Å². The normalized spacial score (nSPS) is 41.2. The number of likely N-dealkylation sites (N-methyl/N-ethyl adjacent to an activating group) is 1. The Hall–Kier alpha value is -0.590. The van der Waals surface area contributed by atoms with Crippen molar-refractivity contribution in [2.45, 2.75) is 24.6 Å². The van der Waals surface area contributed by atoms with E-state index in [2.05, 4.69) is 10.2 Å². The van der Waals surface area contributed by atoms with Gasteiger partial charge < -0.3 is 15.3 Å². The Bertz CT molecular complexity index is 140. The predicted molar refractivity (Wildman–Crippen MR) is 33.9 cm³/mol.